The Morgan fingerprint density at radius 1 is 0.700 bits per heavy atom. The lowest BCUT2D eigenvalue weighted by Crippen LogP contribution is -2.23. The van der Waals surface area contributed by atoms with E-state index in [9.17, 15) is 35.2 Å². The Hall–Kier alpha value is -4.72. The number of hydrogen-bond acceptors (Lipinski definition) is 21. The number of benzene rings is 1. The summed E-state index contributed by atoms with van der Waals surface area (Å²) in [6, 6.07) is 2.58. The number of unbranched alkanes of at least 4 members (excludes halogenated alkanes) is 2. The zero-order chi connectivity index (χ0) is 36.7. The Bertz CT molecular complexity index is 2030. The molecule has 0 fully saturated rings. The van der Waals surface area contributed by atoms with E-state index in [0.717, 1.165) is 18.8 Å². The molecular formula is C25H31N7O15S3. The smallest absolute Gasteiger partial charge is 0.335 e. The van der Waals surface area contributed by atoms with Gasteiger partial charge in [0.15, 0.2) is 19.8 Å². The highest BCUT2D eigenvalue weighted by atomic mass is 32.2. The van der Waals surface area contributed by atoms with Gasteiger partial charge in [0, 0.05) is 37.3 Å². The third kappa shape index (κ3) is 10.9. The lowest BCUT2D eigenvalue weighted by atomic mass is 10.1. The fraction of sp³-hybridized carbons (Fsp3) is 0.480. The minimum atomic E-state index is -3.84. The Morgan fingerprint density at radius 3 is 1.50 bits per heavy atom. The van der Waals surface area contributed by atoms with Gasteiger partial charge < -0.3 is 37.7 Å². The van der Waals surface area contributed by atoms with Crippen LogP contribution in [0.1, 0.15) is 55.1 Å². The fourth-order valence-corrected chi connectivity index (χ4v) is 5.16. The maximum Gasteiger partial charge on any atom is 0.335 e. The van der Waals surface area contributed by atoms with Crippen molar-refractivity contribution in [2.75, 3.05) is 25.3 Å². The monoisotopic (exact) mass is 765 g/mol. The van der Waals surface area contributed by atoms with E-state index in [1.54, 1.807) is 0 Å². The maximum absolute atomic E-state index is 11.8. The average molecular weight is 766 g/mol. The highest BCUT2D eigenvalue weighted by molar-refractivity contribution is 7.90. The third-order valence-corrected chi connectivity index (χ3v) is 8.52. The molecule has 4 rings (SSSR count). The molecule has 0 saturated carbocycles. The number of sulfone groups is 3. The second-order valence-electron chi connectivity index (χ2n) is 10.5. The molecule has 4 aromatic rings. The molecule has 1 atom stereocenters. The van der Waals surface area contributed by atoms with Gasteiger partial charge in [0.1, 0.15) is 23.5 Å². The molecule has 1 unspecified atom stereocenters. The van der Waals surface area contributed by atoms with Gasteiger partial charge in [-0.3, -0.25) is 10.1 Å². The molecule has 274 valence electrons. The van der Waals surface area contributed by atoms with E-state index in [4.69, 9.17) is 32.6 Å². The zero-order valence-corrected chi connectivity index (χ0v) is 28.9. The lowest BCUT2D eigenvalue weighted by molar-refractivity contribution is -0.137. The number of carboxylic acids is 1. The van der Waals surface area contributed by atoms with Gasteiger partial charge in [-0.15, -0.1) is 15.3 Å². The predicted octanol–water partition coefficient (Wildman–Crippen LogP) is 0.00860. The summed E-state index contributed by atoms with van der Waals surface area (Å²) in [6.45, 7) is -1.26. The first-order chi connectivity index (χ1) is 23.4. The van der Waals surface area contributed by atoms with Crippen molar-refractivity contribution >= 4 is 35.5 Å². The van der Waals surface area contributed by atoms with Gasteiger partial charge in [0.05, 0.1) is 5.56 Å². The summed E-state index contributed by atoms with van der Waals surface area (Å²) >= 11 is 0. The number of aromatic nitrogens is 6. The molecule has 1 aromatic carbocycles. The van der Waals surface area contributed by atoms with Gasteiger partial charge in [0.2, 0.25) is 29.5 Å². The average Bonchev–Trinajstić information content (AvgIpc) is 3.80. The summed E-state index contributed by atoms with van der Waals surface area (Å²) in [5.74, 6) is -1.97. The third-order valence-electron chi connectivity index (χ3n) is 6.12. The van der Waals surface area contributed by atoms with E-state index in [-0.39, 0.29) is 53.4 Å². The summed E-state index contributed by atoms with van der Waals surface area (Å²) < 4.78 is 103. The van der Waals surface area contributed by atoms with Crippen LogP contribution in [0.15, 0.2) is 41.1 Å². The zero-order valence-electron chi connectivity index (χ0n) is 26.5. The summed E-state index contributed by atoms with van der Waals surface area (Å²) in [5, 5.41) is 42.3. The molecule has 0 aliphatic rings. The van der Waals surface area contributed by atoms with Gasteiger partial charge in [-0.2, -0.15) is 0 Å². The van der Waals surface area contributed by atoms with E-state index in [1.165, 1.54) is 12.1 Å². The van der Waals surface area contributed by atoms with Crippen molar-refractivity contribution < 1.29 is 67.7 Å². The van der Waals surface area contributed by atoms with Crippen LogP contribution in [-0.4, -0.2) is 97.3 Å². The lowest BCUT2D eigenvalue weighted by Gasteiger charge is -2.21. The van der Waals surface area contributed by atoms with Crippen LogP contribution in [0.2, 0.25) is 0 Å². The maximum atomic E-state index is 11.8. The quantitative estimate of drug-likeness (QED) is 0.0788. The first kappa shape index (κ1) is 38.1. The summed E-state index contributed by atoms with van der Waals surface area (Å²) in [6.07, 6.45) is 2.47. The normalized spacial score (nSPS) is 12.9. The van der Waals surface area contributed by atoms with Crippen molar-refractivity contribution in [2.24, 2.45) is 0 Å². The molecule has 22 nitrogen and oxygen atoms in total. The molecule has 0 radical (unpaired) electrons. The van der Waals surface area contributed by atoms with Gasteiger partial charge in [0.25, 0.3) is 17.7 Å². The van der Waals surface area contributed by atoms with Crippen LogP contribution in [0.5, 0.6) is 17.2 Å². The molecule has 0 spiro atoms. The molecule has 50 heavy (non-hydrogen) atoms. The van der Waals surface area contributed by atoms with Gasteiger partial charge in [-0.05, 0) is 19.4 Å². The molecule has 3 heterocycles. The van der Waals surface area contributed by atoms with Gasteiger partial charge in [-0.25, -0.2) is 25.3 Å². The number of hydrogen-bond donors (Lipinski definition) is 3. The first-order valence-corrected chi connectivity index (χ1v) is 19.8. The minimum absolute atomic E-state index is 0.0212. The van der Waals surface area contributed by atoms with Crippen molar-refractivity contribution in [3.63, 3.8) is 0 Å². The Balaban J connectivity index is 1.66. The molecule has 0 amide bonds. The summed E-state index contributed by atoms with van der Waals surface area (Å²) in [7, 11) is -11.5. The number of nitrogens with one attached hydrogen (secondary N) is 1. The van der Waals surface area contributed by atoms with Gasteiger partial charge >= 0.3 is 21.6 Å². The highest BCUT2D eigenvalue weighted by Gasteiger charge is 2.25. The fourth-order valence-electron chi connectivity index (χ4n) is 3.85. The molecule has 3 aromatic heterocycles. The van der Waals surface area contributed by atoms with Crippen molar-refractivity contribution in [3.05, 3.63) is 35.4 Å². The number of rotatable bonds is 20. The largest absolute Gasteiger partial charge is 0.484 e. The molecule has 0 aliphatic carbocycles. The Kier molecular flexibility index (Phi) is 12.1. The number of aliphatic hydroxyl groups excluding tert-OH is 1. The molecule has 0 aliphatic heterocycles. The van der Waals surface area contributed by atoms with E-state index in [2.05, 4.69) is 35.9 Å². The summed E-state index contributed by atoms with van der Waals surface area (Å²) in [5.41, 5.74) is -0.0502. The van der Waals surface area contributed by atoms with Crippen molar-refractivity contribution in [3.8, 4) is 17.2 Å². The second kappa shape index (κ2) is 15.9. The second-order valence-corrected chi connectivity index (χ2v) is 16.1. The number of carboxylic acid groups (broad SMARTS) is 1. The number of carbonyl (C=O) groups is 1. The molecule has 0 bridgehead atoms. The molecule has 3 N–H and O–H groups in total. The SMILES string of the molecule is CS(=O)(=O)c1nnc(COc2cc(OCc3nnc(S(C)(=O)=O)o3)c(C(O)NCCCCCC(=O)O)c(OCc3nnc(S(C)(=O)=O)o3)c2)o1. The van der Waals surface area contributed by atoms with E-state index in [1.807, 2.05) is 0 Å². The van der Waals surface area contributed by atoms with Crippen LogP contribution in [-0.2, 0) is 54.1 Å². The van der Waals surface area contributed by atoms with Gasteiger partial charge in [-0.1, -0.05) is 21.7 Å². The van der Waals surface area contributed by atoms with Crippen molar-refractivity contribution in [1.29, 1.82) is 0 Å². The van der Waals surface area contributed by atoms with Crippen molar-refractivity contribution in [1.82, 2.24) is 35.9 Å². The molecule has 0 saturated heterocycles. The summed E-state index contributed by atoms with van der Waals surface area (Å²) in [4.78, 5) is 10.8. The van der Waals surface area contributed by atoms with Crippen LogP contribution in [0, 0.1) is 0 Å². The number of aliphatic carboxylic acids is 1. The minimum Gasteiger partial charge on any atom is -0.484 e. The first-order valence-electron chi connectivity index (χ1n) is 14.2. The Labute approximate surface area is 283 Å². The highest BCUT2D eigenvalue weighted by Crippen LogP contribution is 2.39. The van der Waals surface area contributed by atoms with E-state index in [0.29, 0.717) is 19.3 Å². The number of nitrogens with zero attached hydrogens (tertiary/aromatic N) is 6. The van der Waals surface area contributed by atoms with Crippen molar-refractivity contribution in [2.45, 2.75) is 67.4 Å². The number of ether oxygens (including phenoxy) is 3. The van der Waals surface area contributed by atoms with E-state index >= 15 is 0 Å². The van der Waals surface area contributed by atoms with Crippen LogP contribution < -0.4 is 19.5 Å². The van der Waals surface area contributed by atoms with E-state index < -0.39 is 77.2 Å². The predicted molar refractivity (Wildman–Crippen MR) is 161 cm³/mol. The molecule has 25 heteroatoms. The number of aliphatic hydroxyl groups is 1. The Morgan fingerprint density at radius 2 is 1.12 bits per heavy atom. The van der Waals surface area contributed by atoms with Crippen LogP contribution in [0.3, 0.4) is 0 Å². The standard InChI is InChI=1S/C25H31N7O15S3/c1-48(36,37)23-30-27-17(45-23)11-42-14-9-15(43-12-18-28-31-24(46-18)49(2,38)39)21(22(35)26-8-6-4-5-7-20(33)34)16(10-14)44-13-19-29-32-25(47-19)50(3,40)41/h9-10,22,26,35H,4-8,11-13H2,1-3H3,(H,33,34). The van der Waals surface area contributed by atoms with Crippen LogP contribution in [0.4, 0.5) is 0 Å². The van der Waals surface area contributed by atoms with Crippen LogP contribution >= 0.6 is 0 Å². The topological polar surface area (TPSA) is 316 Å². The van der Waals surface area contributed by atoms with Crippen LogP contribution in [0.25, 0.3) is 0 Å². The molecular weight excluding hydrogens is 735 g/mol.